The van der Waals surface area contributed by atoms with Gasteiger partial charge in [0.15, 0.2) is 0 Å². The molecule has 8 heteroatoms. The molecule has 0 spiro atoms. The van der Waals surface area contributed by atoms with Crippen LogP contribution in [-0.4, -0.2) is 69.1 Å². The van der Waals surface area contributed by atoms with Crippen LogP contribution >= 0.6 is 11.8 Å². The van der Waals surface area contributed by atoms with E-state index in [4.69, 9.17) is 0 Å². The van der Waals surface area contributed by atoms with Crippen molar-refractivity contribution >= 4 is 27.7 Å². The summed E-state index contributed by atoms with van der Waals surface area (Å²) in [4.78, 5) is 15.6. The van der Waals surface area contributed by atoms with Gasteiger partial charge in [-0.25, -0.2) is 8.42 Å². The molecule has 3 rings (SSSR count). The fraction of sp³-hybridized carbons (Fsp3) is 0.381. The summed E-state index contributed by atoms with van der Waals surface area (Å²) in [5.41, 5.74) is 1.23. The molecule has 2 aromatic carbocycles. The predicted octanol–water partition coefficient (Wildman–Crippen LogP) is 2.29. The molecule has 0 aliphatic carbocycles. The third-order valence-electron chi connectivity index (χ3n) is 4.82. The van der Waals surface area contributed by atoms with E-state index in [0.717, 1.165) is 18.8 Å². The van der Waals surface area contributed by atoms with Gasteiger partial charge in [0.05, 0.1) is 5.75 Å². The topological polar surface area (TPSA) is 69.7 Å². The highest BCUT2D eigenvalue weighted by atomic mass is 32.2. The SMILES string of the molecule is CN1CCN(S(=O)(=O)Cc2ccc(C(=O)NCCSc3ccccc3)cc2)CC1. The summed E-state index contributed by atoms with van der Waals surface area (Å²) in [6.45, 7) is 3.13. The van der Waals surface area contributed by atoms with Crippen molar-refractivity contribution in [2.45, 2.75) is 10.6 Å². The van der Waals surface area contributed by atoms with Crippen LogP contribution in [0.3, 0.4) is 0 Å². The number of piperazine rings is 1. The van der Waals surface area contributed by atoms with Crippen molar-refractivity contribution in [2.24, 2.45) is 0 Å². The van der Waals surface area contributed by atoms with E-state index in [0.29, 0.717) is 30.8 Å². The van der Waals surface area contributed by atoms with Gasteiger partial charge in [0.25, 0.3) is 5.91 Å². The Morgan fingerprint density at radius 3 is 2.31 bits per heavy atom. The summed E-state index contributed by atoms with van der Waals surface area (Å²) < 4.78 is 26.7. The number of rotatable bonds is 8. The van der Waals surface area contributed by atoms with Crippen LogP contribution in [0.1, 0.15) is 15.9 Å². The van der Waals surface area contributed by atoms with Gasteiger partial charge in [0.1, 0.15) is 0 Å². The van der Waals surface area contributed by atoms with Gasteiger partial charge < -0.3 is 10.2 Å². The van der Waals surface area contributed by atoms with Crippen LogP contribution < -0.4 is 5.32 Å². The van der Waals surface area contributed by atoms with Gasteiger partial charge in [-0.2, -0.15) is 4.31 Å². The standard InChI is InChI=1S/C21H27N3O3S2/c1-23-12-14-24(15-13-23)29(26,27)17-18-7-9-19(10-8-18)21(25)22-11-16-28-20-5-3-2-4-6-20/h2-10H,11-17H2,1H3,(H,22,25). The molecular formula is C21H27N3O3S2. The van der Waals surface area contributed by atoms with E-state index in [1.165, 1.54) is 4.90 Å². The Morgan fingerprint density at radius 1 is 1.00 bits per heavy atom. The number of likely N-dealkylation sites (N-methyl/N-ethyl adjacent to an activating group) is 1. The maximum Gasteiger partial charge on any atom is 0.251 e. The Balaban J connectivity index is 1.47. The molecule has 6 nitrogen and oxygen atoms in total. The van der Waals surface area contributed by atoms with Gasteiger partial charge in [-0.15, -0.1) is 11.8 Å². The van der Waals surface area contributed by atoms with Gasteiger partial charge in [0.2, 0.25) is 10.0 Å². The molecule has 1 aliphatic heterocycles. The Bertz CT molecular complexity index is 895. The fourth-order valence-electron chi connectivity index (χ4n) is 3.07. The number of benzene rings is 2. The highest BCUT2D eigenvalue weighted by Crippen LogP contribution is 2.16. The number of sulfonamides is 1. The van der Waals surface area contributed by atoms with E-state index in [9.17, 15) is 13.2 Å². The second-order valence-corrected chi connectivity index (χ2v) is 10.2. The van der Waals surface area contributed by atoms with E-state index in [2.05, 4.69) is 10.2 Å². The van der Waals surface area contributed by atoms with Crippen molar-refractivity contribution in [2.75, 3.05) is 45.5 Å². The normalized spacial score (nSPS) is 15.9. The van der Waals surface area contributed by atoms with Crippen molar-refractivity contribution in [3.8, 4) is 0 Å². The Morgan fingerprint density at radius 2 is 1.66 bits per heavy atom. The average Bonchev–Trinajstić information content (AvgIpc) is 2.72. The van der Waals surface area contributed by atoms with E-state index in [1.807, 2.05) is 37.4 Å². The first-order valence-electron chi connectivity index (χ1n) is 9.65. The van der Waals surface area contributed by atoms with Crippen LogP contribution in [0.25, 0.3) is 0 Å². The van der Waals surface area contributed by atoms with Crippen molar-refractivity contribution in [3.05, 3.63) is 65.7 Å². The highest BCUT2D eigenvalue weighted by Gasteiger charge is 2.25. The van der Waals surface area contributed by atoms with Gasteiger partial charge >= 0.3 is 0 Å². The molecule has 0 aromatic heterocycles. The molecule has 0 unspecified atom stereocenters. The Labute approximate surface area is 177 Å². The molecule has 0 radical (unpaired) electrons. The Kier molecular flexibility index (Phi) is 7.71. The number of carbonyl (C=O) groups excluding carboxylic acids is 1. The lowest BCUT2D eigenvalue weighted by atomic mass is 10.1. The first kappa shape index (κ1) is 21.8. The maximum atomic E-state index is 12.6. The lowest BCUT2D eigenvalue weighted by molar-refractivity contribution is 0.0956. The van der Waals surface area contributed by atoms with E-state index < -0.39 is 10.0 Å². The number of thioether (sulfide) groups is 1. The molecule has 2 aromatic rings. The molecule has 1 heterocycles. The predicted molar refractivity (Wildman–Crippen MR) is 118 cm³/mol. The molecule has 1 amide bonds. The second kappa shape index (κ2) is 10.2. The largest absolute Gasteiger partial charge is 0.351 e. The average molecular weight is 434 g/mol. The maximum absolute atomic E-state index is 12.6. The van der Waals surface area contributed by atoms with Crippen LogP contribution in [-0.2, 0) is 15.8 Å². The quantitative estimate of drug-likeness (QED) is 0.511. The molecule has 1 fully saturated rings. The van der Waals surface area contributed by atoms with E-state index in [-0.39, 0.29) is 11.7 Å². The van der Waals surface area contributed by atoms with Gasteiger partial charge in [-0.1, -0.05) is 30.3 Å². The minimum absolute atomic E-state index is 0.0354. The number of hydrogen-bond acceptors (Lipinski definition) is 5. The van der Waals surface area contributed by atoms with E-state index in [1.54, 1.807) is 40.3 Å². The number of hydrogen-bond donors (Lipinski definition) is 1. The number of nitrogens with zero attached hydrogens (tertiary/aromatic N) is 2. The smallest absolute Gasteiger partial charge is 0.251 e. The summed E-state index contributed by atoms with van der Waals surface area (Å²) in [6.07, 6.45) is 0. The second-order valence-electron chi connectivity index (χ2n) is 7.07. The van der Waals surface area contributed by atoms with Crippen molar-refractivity contribution < 1.29 is 13.2 Å². The van der Waals surface area contributed by atoms with Crippen LogP contribution in [0.4, 0.5) is 0 Å². The third-order valence-corrected chi connectivity index (χ3v) is 7.68. The van der Waals surface area contributed by atoms with Gasteiger partial charge in [-0.05, 0) is 36.9 Å². The molecule has 1 aliphatic rings. The zero-order chi connectivity index (χ0) is 20.7. The third kappa shape index (κ3) is 6.57. The monoisotopic (exact) mass is 433 g/mol. The fourth-order valence-corrected chi connectivity index (χ4v) is 5.38. The number of amides is 1. The van der Waals surface area contributed by atoms with Gasteiger partial charge in [-0.3, -0.25) is 4.79 Å². The number of carbonyl (C=O) groups is 1. The minimum atomic E-state index is -3.33. The highest BCUT2D eigenvalue weighted by molar-refractivity contribution is 7.99. The van der Waals surface area contributed by atoms with E-state index >= 15 is 0 Å². The first-order chi connectivity index (χ1) is 13.9. The zero-order valence-corrected chi connectivity index (χ0v) is 18.2. The Hall–Kier alpha value is -1.87. The zero-order valence-electron chi connectivity index (χ0n) is 16.6. The summed E-state index contributed by atoms with van der Waals surface area (Å²) in [7, 11) is -1.34. The minimum Gasteiger partial charge on any atom is -0.351 e. The molecule has 156 valence electrons. The molecule has 0 atom stereocenters. The van der Waals surface area contributed by atoms with Crippen molar-refractivity contribution in [1.29, 1.82) is 0 Å². The van der Waals surface area contributed by atoms with Gasteiger partial charge in [0, 0.05) is 48.9 Å². The van der Waals surface area contributed by atoms with Crippen LogP contribution in [0.15, 0.2) is 59.5 Å². The molecular weight excluding hydrogens is 406 g/mol. The molecule has 29 heavy (non-hydrogen) atoms. The first-order valence-corrected chi connectivity index (χ1v) is 12.2. The molecule has 0 bridgehead atoms. The molecule has 0 saturated carbocycles. The lowest BCUT2D eigenvalue weighted by Gasteiger charge is -2.31. The number of nitrogens with one attached hydrogen (secondary N) is 1. The summed E-state index contributed by atoms with van der Waals surface area (Å²) in [5.74, 6) is 0.607. The van der Waals surface area contributed by atoms with Crippen LogP contribution in [0, 0.1) is 0 Å². The molecule has 1 saturated heterocycles. The summed E-state index contributed by atoms with van der Waals surface area (Å²) in [6, 6.07) is 16.9. The van der Waals surface area contributed by atoms with Crippen LogP contribution in [0.2, 0.25) is 0 Å². The van der Waals surface area contributed by atoms with Crippen molar-refractivity contribution in [1.82, 2.24) is 14.5 Å². The van der Waals surface area contributed by atoms with Crippen molar-refractivity contribution in [3.63, 3.8) is 0 Å². The molecule has 1 N–H and O–H groups in total. The summed E-state index contributed by atoms with van der Waals surface area (Å²) >= 11 is 1.69. The van der Waals surface area contributed by atoms with Crippen LogP contribution in [0.5, 0.6) is 0 Å². The lowest BCUT2D eigenvalue weighted by Crippen LogP contribution is -2.47. The summed E-state index contributed by atoms with van der Waals surface area (Å²) in [5, 5.41) is 2.90.